The van der Waals surface area contributed by atoms with Gasteiger partial charge in [-0.15, -0.1) is 0 Å². The van der Waals surface area contributed by atoms with E-state index in [0.717, 1.165) is 29.7 Å². The Balaban J connectivity index is 1.65. The summed E-state index contributed by atoms with van der Waals surface area (Å²) < 4.78 is 27.8. The van der Waals surface area contributed by atoms with Gasteiger partial charge in [-0.2, -0.15) is 0 Å². The fourth-order valence-electron chi connectivity index (χ4n) is 3.86. The van der Waals surface area contributed by atoms with Crippen molar-refractivity contribution in [3.05, 3.63) is 123 Å². The van der Waals surface area contributed by atoms with Gasteiger partial charge in [0.25, 0.3) is 21.6 Å². The number of rotatable bonds is 10. The van der Waals surface area contributed by atoms with E-state index in [4.69, 9.17) is 11.6 Å². The number of carbonyl (C=O) groups is 1. The highest BCUT2D eigenvalue weighted by atomic mass is 35.5. The lowest BCUT2D eigenvalue weighted by atomic mass is 10.1. The first-order chi connectivity index (χ1) is 18.6. The highest BCUT2D eigenvalue weighted by Gasteiger charge is 2.28. The average molecular weight is 566 g/mol. The number of sulfonamides is 1. The molecule has 4 rings (SSSR count). The molecule has 1 aromatic heterocycles. The van der Waals surface area contributed by atoms with E-state index in [2.05, 4.69) is 9.97 Å². The Hall–Kier alpha value is -4.35. The third-order valence-electron chi connectivity index (χ3n) is 5.86. The fraction of sp³-hybridized carbons (Fsp3) is 0.148. The third kappa shape index (κ3) is 6.95. The van der Waals surface area contributed by atoms with Crippen LogP contribution in [-0.4, -0.2) is 42.8 Å². The molecule has 1 amide bonds. The molecule has 39 heavy (non-hydrogen) atoms. The number of nitro benzene ring substituents is 1. The van der Waals surface area contributed by atoms with Gasteiger partial charge >= 0.3 is 0 Å². The Labute approximate surface area is 230 Å². The van der Waals surface area contributed by atoms with E-state index in [0.29, 0.717) is 17.5 Å². The van der Waals surface area contributed by atoms with Gasteiger partial charge in [0, 0.05) is 37.3 Å². The molecule has 0 spiro atoms. The van der Waals surface area contributed by atoms with Crippen LogP contribution in [0.15, 0.2) is 90.0 Å². The van der Waals surface area contributed by atoms with E-state index in [9.17, 15) is 23.3 Å². The summed E-state index contributed by atoms with van der Waals surface area (Å²) in [5.41, 5.74) is 1.42. The minimum Gasteiger partial charge on any atom is -0.344 e. The predicted molar refractivity (Wildman–Crippen MR) is 147 cm³/mol. The maximum atomic E-state index is 13.2. The lowest BCUT2D eigenvalue weighted by Gasteiger charge is -2.19. The Bertz CT molecular complexity index is 1620. The van der Waals surface area contributed by atoms with Crippen molar-refractivity contribution in [1.29, 1.82) is 0 Å². The quantitative estimate of drug-likeness (QED) is 0.220. The molecule has 1 N–H and O–H groups in total. The van der Waals surface area contributed by atoms with E-state index in [1.54, 1.807) is 24.3 Å². The van der Waals surface area contributed by atoms with Crippen LogP contribution in [0.4, 0.5) is 11.6 Å². The SMILES string of the molecule is CN(CCc1ccccc1)c1ncc(C(=O)NS(=O)(=O)c2ccccc2[N+](=O)[O-])c(Cc2cccc(Cl)c2)n1. The largest absolute Gasteiger partial charge is 0.344 e. The zero-order valence-electron chi connectivity index (χ0n) is 20.8. The Morgan fingerprint density at radius 3 is 2.44 bits per heavy atom. The monoisotopic (exact) mass is 565 g/mol. The molecular weight excluding hydrogens is 542 g/mol. The molecule has 3 aromatic carbocycles. The normalized spacial score (nSPS) is 11.1. The van der Waals surface area contributed by atoms with Crippen LogP contribution in [0.2, 0.25) is 5.02 Å². The second-order valence-corrected chi connectivity index (χ2v) is 10.7. The van der Waals surface area contributed by atoms with Gasteiger partial charge in [0.05, 0.1) is 16.2 Å². The lowest BCUT2D eigenvalue weighted by molar-refractivity contribution is -0.387. The average Bonchev–Trinajstić information content (AvgIpc) is 2.92. The number of nitro groups is 1. The molecule has 0 aliphatic heterocycles. The number of likely N-dealkylation sites (N-methyl/N-ethyl adjacent to an activating group) is 1. The molecule has 4 aromatic rings. The van der Waals surface area contributed by atoms with Crippen molar-refractivity contribution in [3.8, 4) is 0 Å². The number of hydrogen-bond donors (Lipinski definition) is 1. The summed E-state index contributed by atoms with van der Waals surface area (Å²) in [7, 11) is -2.75. The van der Waals surface area contributed by atoms with Crippen molar-refractivity contribution in [1.82, 2.24) is 14.7 Å². The summed E-state index contributed by atoms with van der Waals surface area (Å²) in [5, 5.41) is 11.8. The summed E-state index contributed by atoms with van der Waals surface area (Å²) in [6, 6.07) is 21.7. The summed E-state index contributed by atoms with van der Waals surface area (Å²) in [5.74, 6) is -0.662. The van der Waals surface area contributed by atoms with Gasteiger partial charge in [0.1, 0.15) is 0 Å². The highest BCUT2D eigenvalue weighted by molar-refractivity contribution is 7.90. The first-order valence-electron chi connectivity index (χ1n) is 11.8. The second-order valence-electron chi connectivity index (χ2n) is 8.65. The number of nitrogens with one attached hydrogen (secondary N) is 1. The number of anilines is 1. The maximum Gasteiger partial charge on any atom is 0.289 e. The van der Waals surface area contributed by atoms with E-state index in [-0.39, 0.29) is 17.7 Å². The molecular formula is C27H24ClN5O5S. The van der Waals surface area contributed by atoms with E-state index in [1.165, 1.54) is 18.3 Å². The molecule has 10 nitrogen and oxygen atoms in total. The minimum absolute atomic E-state index is 0.0858. The highest BCUT2D eigenvalue weighted by Crippen LogP contribution is 2.24. The van der Waals surface area contributed by atoms with Gasteiger partial charge in [-0.05, 0) is 35.7 Å². The van der Waals surface area contributed by atoms with Crippen molar-refractivity contribution in [3.63, 3.8) is 0 Å². The van der Waals surface area contributed by atoms with E-state index in [1.807, 2.05) is 47.0 Å². The van der Waals surface area contributed by atoms with Crippen molar-refractivity contribution >= 4 is 39.2 Å². The van der Waals surface area contributed by atoms with Gasteiger partial charge in [0.15, 0.2) is 4.90 Å². The molecule has 0 aliphatic rings. The Morgan fingerprint density at radius 1 is 1.03 bits per heavy atom. The molecule has 0 radical (unpaired) electrons. The molecule has 0 atom stereocenters. The zero-order chi connectivity index (χ0) is 28.0. The molecule has 0 aliphatic carbocycles. The van der Waals surface area contributed by atoms with Crippen LogP contribution in [-0.2, 0) is 22.9 Å². The van der Waals surface area contributed by atoms with Crippen LogP contribution >= 0.6 is 11.6 Å². The molecule has 0 bridgehead atoms. The van der Waals surface area contributed by atoms with Gasteiger partial charge in [-0.25, -0.2) is 23.1 Å². The molecule has 1 heterocycles. The maximum absolute atomic E-state index is 13.2. The van der Waals surface area contributed by atoms with Crippen LogP contribution in [0.1, 0.15) is 27.2 Å². The van der Waals surface area contributed by atoms with Crippen molar-refractivity contribution in [2.75, 3.05) is 18.5 Å². The number of benzene rings is 3. The van der Waals surface area contributed by atoms with Gasteiger partial charge < -0.3 is 4.90 Å². The summed E-state index contributed by atoms with van der Waals surface area (Å²) >= 11 is 6.14. The zero-order valence-corrected chi connectivity index (χ0v) is 22.4. The summed E-state index contributed by atoms with van der Waals surface area (Å²) in [6.07, 6.45) is 2.16. The van der Waals surface area contributed by atoms with E-state index < -0.39 is 31.4 Å². The predicted octanol–water partition coefficient (Wildman–Crippen LogP) is 4.43. The number of halogens is 1. The van der Waals surface area contributed by atoms with Crippen LogP contribution in [0.5, 0.6) is 0 Å². The second kappa shape index (κ2) is 12.0. The molecule has 12 heteroatoms. The lowest BCUT2D eigenvalue weighted by Crippen LogP contribution is -2.32. The fourth-order valence-corrected chi connectivity index (χ4v) is 5.22. The molecule has 200 valence electrons. The molecule has 0 saturated heterocycles. The number of nitrogens with zero attached hydrogens (tertiary/aromatic N) is 4. The minimum atomic E-state index is -4.57. The Kier molecular flexibility index (Phi) is 8.52. The molecule has 0 saturated carbocycles. The Morgan fingerprint density at radius 2 is 1.72 bits per heavy atom. The summed E-state index contributed by atoms with van der Waals surface area (Å²) in [6.45, 7) is 0.595. The van der Waals surface area contributed by atoms with Crippen LogP contribution in [0.3, 0.4) is 0 Å². The van der Waals surface area contributed by atoms with Crippen LogP contribution in [0, 0.1) is 10.1 Å². The first-order valence-corrected chi connectivity index (χ1v) is 13.7. The van der Waals surface area contributed by atoms with Crippen molar-refractivity contribution in [2.24, 2.45) is 0 Å². The van der Waals surface area contributed by atoms with Crippen molar-refractivity contribution < 1.29 is 18.1 Å². The van der Waals surface area contributed by atoms with Gasteiger partial charge in [-0.3, -0.25) is 14.9 Å². The number of hydrogen-bond acceptors (Lipinski definition) is 8. The van der Waals surface area contributed by atoms with E-state index >= 15 is 0 Å². The standard InChI is InChI=1S/C27H24ClN5O5S/c1-32(15-14-19-8-3-2-4-9-19)27-29-18-22(23(30-27)17-20-10-7-11-21(28)16-20)26(34)31-39(37,38)25-13-6-5-12-24(25)33(35)36/h2-13,16,18H,14-15,17H2,1H3,(H,31,34). The summed E-state index contributed by atoms with van der Waals surface area (Å²) in [4.78, 5) is 33.8. The topological polar surface area (TPSA) is 135 Å². The number of para-hydroxylation sites is 1. The molecule has 0 unspecified atom stereocenters. The van der Waals surface area contributed by atoms with Crippen molar-refractivity contribution in [2.45, 2.75) is 17.7 Å². The van der Waals surface area contributed by atoms with Crippen LogP contribution in [0.25, 0.3) is 0 Å². The number of aromatic nitrogens is 2. The smallest absolute Gasteiger partial charge is 0.289 e. The van der Waals surface area contributed by atoms with Crippen LogP contribution < -0.4 is 9.62 Å². The first kappa shape index (κ1) is 27.7. The molecule has 0 fully saturated rings. The van der Waals surface area contributed by atoms with Gasteiger partial charge in [-0.1, -0.05) is 66.2 Å². The number of carbonyl (C=O) groups excluding carboxylic acids is 1. The van der Waals surface area contributed by atoms with Gasteiger partial charge in [0.2, 0.25) is 5.95 Å². The third-order valence-corrected chi connectivity index (χ3v) is 7.47. The number of amides is 1.